The largest absolute Gasteiger partial charge is 0.456 e. The van der Waals surface area contributed by atoms with E-state index in [2.05, 4.69) is 20.1 Å². The standard InChI is InChI=1S/C15H19NO/c1-5-8-11-14(9-6-2)17-15(10-7-3)13(4)12-16/h6-7,9-11H,3-5,8H2,1-2H3/b9-6-,14-11+,15-10+. The lowest BCUT2D eigenvalue weighted by molar-refractivity contribution is 0.330. The number of nitrogens with zero attached hydrogens (tertiary/aromatic N) is 1. The van der Waals surface area contributed by atoms with Gasteiger partial charge in [-0.15, -0.1) is 0 Å². The molecule has 0 aliphatic heterocycles. The third-order valence-electron chi connectivity index (χ3n) is 1.89. The minimum atomic E-state index is 0.289. The van der Waals surface area contributed by atoms with E-state index >= 15 is 0 Å². The van der Waals surface area contributed by atoms with Crippen LogP contribution in [0.15, 0.2) is 60.6 Å². The van der Waals surface area contributed by atoms with Crippen LogP contribution in [0.2, 0.25) is 0 Å². The molecule has 0 aliphatic carbocycles. The molecule has 0 heterocycles. The van der Waals surface area contributed by atoms with Crippen LogP contribution in [-0.2, 0) is 4.74 Å². The first-order chi connectivity index (χ1) is 8.19. The molecule has 17 heavy (non-hydrogen) atoms. The number of unbranched alkanes of at least 4 members (excludes halogenated alkanes) is 1. The van der Waals surface area contributed by atoms with E-state index in [4.69, 9.17) is 10.00 Å². The van der Waals surface area contributed by atoms with Crippen molar-refractivity contribution in [3.05, 3.63) is 60.6 Å². The topological polar surface area (TPSA) is 33.0 Å². The molecule has 0 rings (SSSR count). The van der Waals surface area contributed by atoms with Crippen LogP contribution < -0.4 is 0 Å². The molecule has 0 aromatic carbocycles. The van der Waals surface area contributed by atoms with Gasteiger partial charge in [0.2, 0.25) is 0 Å². The van der Waals surface area contributed by atoms with Gasteiger partial charge in [-0.1, -0.05) is 38.7 Å². The van der Waals surface area contributed by atoms with E-state index in [0.717, 1.165) is 18.6 Å². The van der Waals surface area contributed by atoms with E-state index in [0.29, 0.717) is 5.76 Å². The van der Waals surface area contributed by atoms with Crippen molar-refractivity contribution in [2.45, 2.75) is 26.7 Å². The van der Waals surface area contributed by atoms with E-state index in [1.54, 1.807) is 12.2 Å². The van der Waals surface area contributed by atoms with Gasteiger partial charge in [0.05, 0.1) is 5.57 Å². The first-order valence-corrected chi connectivity index (χ1v) is 5.62. The lowest BCUT2D eigenvalue weighted by Crippen LogP contribution is -1.93. The predicted octanol–water partition coefficient (Wildman–Crippen LogP) is 4.41. The zero-order valence-corrected chi connectivity index (χ0v) is 10.6. The molecule has 0 N–H and O–H groups in total. The number of hydrogen-bond donors (Lipinski definition) is 0. The number of ether oxygens (including phenoxy) is 1. The van der Waals surface area contributed by atoms with E-state index in [1.807, 2.05) is 31.2 Å². The summed E-state index contributed by atoms with van der Waals surface area (Å²) < 4.78 is 5.63. The molecule has 0 atom stereocenters. The fraction of sp³-hybridized carbons (Fsp3) is 0.267. The van der Waals surface area contributed by atoms with Gasteiger partial charge in [-0.3, -0.25) is 0 Å². The average molecular weight is 229 g/mol. The van der Waals surface area contributed by atoms with E-state index in [-0.39, 0.29) is 5.57 Å². The van der Waals surface area contributed by atoms with Gasteiger partial charge in [-0.25, -0.2) is 0 Å². The van der Waals surface area contributed by atoms with Crippen LogP contribution in [0, 0.1) is 11.3 Å². The highest BCUT2D eigenvalue weighted by Crippen LogP contribution is 2.16. The Balaban J connectivity index is 4.94. The summed E-state index contributed by atoms with van der Waals surface area (Å²) in [6.45, 7) is 11.2. The number of rotatable bonds is 7. The molecule has 0 amide bonds. The second kappa shape index (κ2) is 9.23. The Morgan fingerprint density at radius 3 is 2.65 bits per heavy atom. The second-order valence-corrected chi connectivity index (χ2v) is 3.35. The molecule has 0 saturated carbocycles. The van der Waals surface area contributed by atoms with E-state index in [9.17, 15) is 0 Å². The highest BCUT2D eigenvalue weighted by molar-refractivity contribution is 5.38. The van der Waals surface area contributed by atoms with Gasteiger partial charge in [0.1, 0.15) is 17.6 Å². The molecule has 0 fully saturated rings. The normalized spacial score (nSPS) is 12.3. The molecule has 0 aromatic rings. The molecule has 0 saturated heterocycles. The monoisotopic (exact) mass is 229 g/mol. The molecule has 0 aromatic heterocycles. The predicted molar refractivity (Wildman–Crippen MR) is 71.9 cm³/mol. The maximum atomic E-state index is 8.81. The molecule has 0 aliphatic rings. The average Bonchev–Trinajstić information content (AvgIpc) is 2.34. The van der Waals surface area contributed by atoms with Gasteiger partial charge in [0, 0.05) is 0 Å². The van der Waals surface area contributed by atoms with E-state index < -0.39 is 0 Å². The highest BCUT2D eigenvalue weighted by Gasteiger charge is 2.04. The Morgan fingerprint density at radius 2 is 2.18 bits per heavy atom. The summed E-state index contributed by atoms with van der Waals surface area (Å²) in [6.07, 6.45) is 10.9. The number of nitriles is 1. The Hall–Kier alpha value is -2.01. The van der Waals surface area contributed by atoms with Crippen molar-refractivity contribution in [3.63, 3.8) is 0 Å². The van der Waals surface area contributed by atoms with Crippen LogP contribution in [0.1, 0.15) is 26.7 Å². The lowest BCUT2D eigenvalue weighted by atomic mass is 10.2. The van der Waals surface area contributed by atoms with Crippen LogP contribution >= 0.6 is 0 Å². The number of allylic oxidation sites excluding steroid dienone is 6. The molecule has 2 nitrogen and oxygen atoms in total. The minimum absolute atomic E-state index is 0.289. The zero-order valence-electron chi connectivity index (χ0n) is 10.6. The molecule has 0 unspecified atom stereocenters. The SMILES string of the molecule is C=C/C=C(/OC(/C=C\C)=C/CCC)C(=C)C#N. The summed E-state index contributed by atoms with van der Waals surface area (Å²) in [5.41, 5.74) is 0.289. The van der Waals surface area contributed by atoms with Gasteiger partial charge in [-0.2, -0.15) is 5.26 Å². The van der Waals surface area contributed by atoms with Crippen molar-refractivity contribution >= 4 is 0 Å². The fourth-order valence-corrected chi connectivity index (χ4v) is 1.08. The molecule has 0 spiro atoms. The van der Waals surface area contributed by atoms with Gasteiger partial charge < -0.3 is 4.74 Å². The van der Waals surface area contributed by atoms with Gasteiger partial charge in [0.25, 0.3) is 0 Å². The van der Waals surface area contributed by atoms with Crippen LogP contribution in [0.5, 0.6) is 0 Å². The van der Waals surface area contributed by atoms with Gasteiger partial charge in [-0.05, 0) is 31.6 Å². The Morgan fingerprint density at radius 1 is 1.47 bits per heavy atom. The smallest absolute Gasteiger partial charge is 0.144 e. The van der Waals surface area contributed by atoms with Crippen molar-refractivity contribution in [1.29, 1.82) is 5.26 Å². The maximum absolute atomic E-state index is 8.81. The Kier molecular flexibility index (Phi) is 8.14. The summed E-state index contributed by atoms with van der Waals surface area (Å²) in [4.78, 5) is 0. The van der Waals surface area contributed by atoms with Crippen molar-refractivity contribution in [2.24, 2.45) is 0 Å². The van der Waals surface area contributed by atoms with Crippen LogP contribution in [0.3, 0.4) is 0 Å². The summed E-state index contributed by atoms with van der Waals surface area (Å²) in [7, 11) is 0. The summed E-state index contributed by atoms with van der Waals surface area (Å²) in [5, 5.41) is 8.81. The lowest BCUT2D eigenvalue weighted by Gasteiger charge is -2.09. The Bertz CT molecular complexity index is 392. The molecule has 90 valence electrons. The second-order valence-electron chi connectivity index (χ2n) is 3.35. The van der Waals surface area contributed by atoms with Crippen molar-refractivity contribution < 1.29 is 4.74 Å². The molecular formula is C15H19NO. The van der Waals surface area contributed by atoms with Crippen LogP contribution in [-0.4, -0.2) is 0 Å². The van der Waals surface area contributed by atoms with Crippen molar-refractivity contribution in [1.82, 2.24) is 0 Å². The third-order valence-corrected chi connectivity index (χ3v) is 1.89. The maximum Gasteiger partial charge on any atom is 0.144 e. The number of hydrogen-bond acceptors (Lipinski definition) is 2. The van der Waals surface area contributed by atoms with E-state index in [1.165, 1.54) is 0 Å². The molecule has 0 bridgehead atoms. The summed E-state index contributed by atoms with van der Waals surface area (Å²) >= 11 is 0. The fourth-order valence-electron chi connectivity index (χ4n) is 1.08. The summed E-state index contributed by atoms with van der Waals surface area (Å²) in [6, 6.07) is 1.97. The van der Waals surface area contributed by atoms with Crippen LogP contribution in [0.25, 0.3) is 0 Å². The Labute approximate surface area is 104 Å². The van der Waals surface area contributed by atoms with Crippen molar-refractivity contribution in [2.75, 3.05) is 0 Å². The zero-order chi connectivity index (χ0) is 13.1. The first-order valence-electron chi connectivity index (χ1n) is 5.62. The third kappa shape index (κ3) is 6.21. The highest BCUT2D eigenvalue weighted by atomic mass is 16.5. The van der Waals surface area contributed by atoms with Crippen LogP contribution in [0.4, 0.5) is 0 Å². The quantitative estimate of drug-likeness (QED) is 0.368. The molecular weight excluding hydrogens is 210 g/mol. The van der Waals surface area contributed by atoms with Gasteiger partial charge in [0.15, 0.2) is 0 Å². The van der Waals surface area contributed by atoms with Gasteiger partial charge >= 0.3 is 0 Å². The summed E-state index contributed by atoms with van der Waals surface area (Å²) in [5.74, 6) is 1.15. The molecule has 0 radical (unpaired) electrons. The minimum Gasteiger partial charge on any atom is -0.456 e. The van der Waals surface area contributed by atoms with Crippen molar-refractivity contribution in [3.8, 4) is 6.07 Å². The first kappa shape index (κ1) is 15.0. The molecule has 2 heteroatoms.